The summed E-state index contributed by atoms with van der Waals surface area (Å²) < 4.78 is 9.03. The van der Waals surface area contributed by atoms with Gasteiger partial charge in [-0.05, 0) is 23.6 Å². The molecule has 2 aromatic heterocycles. The van der Waals surface area contributed by atoms with Crippen molar-refractivity contribution in [3.8, 4) is 0 Å². The summed E-state index contributed by atoms with van der Waals surface area (Å²) in [5.41, 5.74) is 2.42. The van der Waals surface area contributed by atoms with Crippen molar-refractivity contribution < 1.29 is 4.74 Å². The van der Waals surface area contributed by atoms with Crippen LogP contribution in [0.25, 0.3) is 0 Å². The molecule has 0 saturated heterocycles. The molecule has 1 aromatic carbocycles. The Morgan fingerprint density at radius 1 is 1.30 bits per heavy atom. The van der Waals surface area contributed by atoms with Gasteiger partial charge in [-0.1, -0.05) is 24.3 Å². The summed E-state index contributed by atoms with van der Waals surface area (Å²) in [6.07, 6.45) is 5.65. The van der Waals surface area contributed by atoms with Crippen LogP contribution in [0.1, 0.15) is 29.2 Å². The number of ether oxygens (including phenoxy) is 1. The van der Waals surface area contributed by atoms with E-state index in [1.54, 1.807) is 20.4 Å². The van der Waals surface area contributed by atoms with Crippen molar-refractivity contribution in [2.45, 2.75) is 45.1 Å². The summed E-state index contributed by atoms with van der Waals surface area (Å²) in [5.74, 6) is 2.56. The Morgan fingerprint density at radius 2 is 2.20 bits per heavy atom. The van der Waals surface area contributed by atoms with E-state index in [2.05, 4.69) is 55.1 Å². The molecule has 0 amide bonds. The third-order valence-corrected chi connectivity index (χ3v) is 5.09. The summed E-state index contributed by atoms with van der Waals surface area (Å²) in [7, 11) is 3.46. The van der Waals surface area contributed by atoms with Gasteiger partial charge in [-0.15, -0.1) is 0 Å². The average molecular weight is 409 g/mol. The molecule has 0 fully saturated rings. The van der Waals surface area contributed by atoms with E-state index in [-0.39, 0.29) is 6.04 Å². The first-order chi connectivity index (χ1) is 14.7. The van der Waals surface area contributed by atoms with Gasteiger partial charge >= 0.3 is 0 Å². The number of fused-ring (bicyclic) bond motifs is 1. The lowest BCUT2D eigenvalue weighted by Crippen LogP contribution is -2.46. The number of methoxy groups -OCH3 is 1. The molecule has 0 aliphatic carbocycles. The predicted molar refractivity (Wildman–Crippen MR) is 114 cm³/mol. The van der Waals surface area contributed by atoms with Crippen molar-refractivity contribution in [2.24, 2.45) is 4.99 Å². The molecule has 0 spiro atoms. The van der Waals surface area contributed by atoms with Crippen LogP contribution in [0.3, 0.4) is 0 Å². The summed E-state index contributed by atoms with van der Waals surface area (Å²) in [4.78, 5) is 8.92. The smallest absolute Gasteiger partial charge is 0.191 e. The Kier molecular flexibility index (Phi) is 6.38. The van der Waals surface area contributed by atoms with E-state index in [4.69, 9.17) is 4.74 Å². The number of hydrogen-bond acceptors (Lipinski definition) is 5. The topological polar surface area (TPSA) is 94.2 Å². The molecule has 4 rings (SSSR count). The Bertz CT molecular complexity index is 979. The van der Waals surface area contributed by atoms with Crippen LogP contribution in [0, 0.1) is 0 Å². The number of benzene rings is 1. The largest absolute Gasteiger partial charge is 0.377 e. The van der Waals surface area contributed by atoms with E-state index < -0.39 is 0 Å². The first-order valence-electron chi connectivity index (χ1n) is 10.2. The minimum atomic E-state index is 0.256. The van der Waals surface area contributed by atoms with Crippen LogP contribution in [0.15, 0.2) is 47.7 Å². The molecule has 158 valence electrons. The number of rotatable bonds is 7. The molecule has 30 heavy (non-hydrogen) atoms. The molecule has 2 N–H and O–H groups in total. The minimum Gasteiger partial charge on any atom is -0.377 e. The van der Waals surface area contributed by atoms with Gasteiger partial charge < -0.3 is 15.4 Å². The summed E-state index contributed by atoms with van der Waals surface area (Å²) >= 11 is 0. The Labute approximate surface area is 176 Å². The highest BCUT2D eigenvalue weighted by atomic mass is 16.5. The van der Waals surface area contributed by atoms with Gasteiger partial charge in [0.2, 0.25) is 0 Å². The van der Waals surface area contributed by atoms with Crippen LogP contribution in [0.2, 0.25) is 0 Å². The molecule has 9 heteroatoms. The summed E-state index contributed by atoms with van der Waals surface area (Å²) in [6, 6.07) is 10.7. The monoisotopic (exact) mass is 408 g/mol. The first-order valence-corrected chi connectivity index (χ1v) is 10.2. The van der Waals surface area contributed by atoms with E-state index in [0.29, 0.717) is 13.2 Å². The third kappa shape index (κ3) is 5.04. The molecule has 0 radical (unpaired) electrons. The maximum atomic E-state index is 5.14. The lowest BCUT2D eigenvalue weighted by atomic mass is 10.1. The Balaban J connectivity index is 1.31. The number of hydrogen-bond donors (Lipinski definition) is 2. The SMILES string of the molecule is CN=C(NCc1cccc(Cn2cccn2)c1)NC1CCc2nc(COC)nn2C1. The van der Waals surface area contributed by atoms with E-state index in [1.165, 1.54) is 11.1 Å². The molecule has 1 aliphatic rings. The van der Waals surface area contributed by atoms with Gasteiger partial charge in [-0.3, -0.25) is 9.67 Å². The quantitative estimate of drug-likeness (QED) is 0.453. The summed E-state index contributed by atoms with van der Waals surface area (Å²) in [6.45, 7) is 2.68. The van der Waals surface area contributed by atoms with E-state index >= 15 is 0 Å². The van der Waals surface area contributed by atoms with Gasteiger partial charge in [0.1, 0.15) is 12.4 Å². The molecule has 1 aliphatic heterocycles. The fourth-order valence-corrected chi connectivity index (χ4v) is 3.66. The van der Waals surface area contributed by atoms with Crippen molar-refractivity contribution in [1.82, 2.24) is 35.2 Å². The van der Waals surface area contributed by atoms with Gasteiger partial charge in [-0.25, -0.2) is 9.67 Å². The van der Waals surface area contributed by atoms with E-state index in [9.17, 15) is 0 Å². The second-order valence-electron chi connectivity index (χ2n) is 7.39. The van der Waals surface area contributed by atoms with Crippen LogP contribution in [-0.4, -0.2) is 50.7 Å². The second kappa shape index (κ2) is 9.53. The van der Waals surface area contributed by atoms with Crippen LogP contribution < -0.4 is 10.6 Å². The standard InChI is InChI=1S/C21H28N8O/c1-22-21(25-18-7-8-20-26-19(15-30-2)27-29(20)14-18)23-12-16-5-3-6-17(11-16)13-28-10-4-9-24-28/h3-6,9-11,18H,7-8,12-15H2,1-2H3,(H2,22,23,25). The summed E-state index contributed by atoms with van der Waals surface area (Å²) in [5, 5.41) is 15.7. The van der Waals surface area contributed by atoms with Crippen LogP contribution in [0.5, 0.6) is 0 Å². The number of nitrogens with zero attached hydrogens (tertiary/aromatic N) is 6. The molecule has 3 aromatic rings. The number of nitrogens with one attached hydrogen (secondary N) is 2. The molecule has 1 unspecified atom stereocenters. The highest BCUT2D eigenvalue weighted by Gasteiger charge is 2.22. The lowest BCUT2D eigenvalue weighted by molar-refractivity contribution is 0.177. The van der Waals surface area contributed by atoms with Crippen molar-refractivity contribution in [3.63, 3.8) is 0 Å². The second-order valence-corrected chi connectivity index (χ2v) is 7.39. The van der Waals surface area contributed by atoms with Crippen LogP contribution >= 0.6 is 0 Å². The van der Waals surface area contributed by atoms with Gasteiger partial charge in [0.25, 0.3) is 0 Å². The zero-order chi connectivity index (χ0) is 20.8. The number of aryl methyl sites for hydroxylation is 1. The molecular formula is C21H28N8O. The lowest BCUT2D eigenvalue weighted by Gasteiger charge is -2.25. The zero-order valence-corrected chi connectivity index (χ0v) is 17.5. The predicted octanol–water partition coefficient (Wildman–Crippen LogP) is 1.35. The fourth-order valence-electron chi connectivity index (χ4n) is 3.66. The third-order valence-electron chi connectivity index (χ3n) is 5.09. The zero-order valence-electron chi connectivity index (χ0n) is 17.5. The maximum Gasteiger partial charge on any atom is 0.191 e. The molecule has 1 atom stereocenters. The van der Waals surface area contributed by atoms with Crippen molar-refractivity contribution in [3.05, 3.63) is 65.5 Å². The minimum absolute atomic E-state index is 0.256. The van der Waals surface area contributed by atoms with Crippen LogP contribution in [-0.2, 0) is 37.4 Å². The normalized spacial score (nSPS) is 16.3. The van der Waals surface area contributed by atoms with E-state index in [0.717, 1.165) is 43.5 Å². The molecular weight excluding hydrogens is 380 g/mol. The Morgan fingerprint density at radius 3 is 3.00 bits per heavy atom. The van der Waals surface area contributed by atoms with Gasteiger partial charge in [0.15, 0.2) is 11.8 Å². The molecule has 3 heterocycles. The van der Waals surface area contributed by atoms with Crippen molar-refractivity contribution in [1.29, 1.82) is 0 Å². The van der Waals surface area contributed by atoms with Gasteiger partial charge in [-0.2, -0.15) is 10.2 Å². The van der Waals surface area contributed by atoms with Gasteiger partial charge in [0, 0.05) is 45.6 Å². The fraction of sp³-hybridized carbons (Fsp3) is 0.429. The molecule has 0 bridgehead atoms. The van der Waals surface area contributed by atoms with Crippen molar-refractivity contribution >= 4 is 5.96 Å². The maximum absolute atomic E-state index is 5.14. The molecule has 9 nitrogen and oxygen atoms in total. The van der Waals surface area contributed by atoms with Crippen LogP contribution in [0.4, 0.5) is 0 Å². The molecule has 0 saturated carbocycles. The van der Waals surface area contributed by atoms with E-state index in [1.807, 2.05) is 21.6 Å². The number of aromatic nitrogens is 5. The number of guanidine groups is 1. The number of aliphatic imine (C=N–C) groups is 1. The van der Waals surface area contributed by atoms with Crippen molar-refractivity contribution in [2.75, 3.05) is 14.2 Å². The average Bonchev–Trinajstić information content (AvgIpc) is 3.40. The highest BCUT2D eigenvalue weighted by Crippen LogP contribution is 2.13. The first kappa shape index (κ1) is 20.1. The van der Waals surface area contributed by atoms with Gasteiger partial charge in [0.05, 0.1) is 13.1 Å². The Hall–Kier alpha value is -3.20. The highest BCUT2D eigenvalue weighted by molar-refractivity contribution is 5.79.